The third-order valence-electron chi connectivity index (χ3n) is 5.36. The highest BCUT2D eigenvalue weighted by molar-refractivity contribution is 7.99. The Hall–Kier alpha value is -0.260. The van der Waals surface area contributed by atoms with Crippen LogP contribution in [0, 0.1) is 11.3 Å². The number of unbranched alkanes of at least 4 members (excludes halogenated alkanes) is 3. The van der Waals surface area contributed by atoms with E-state index in [2.05, 4.69) is 20.8 Å². The first-order valence-corrected chi connectivity index (χ1v) is 11.4. The van der Waals surface area contributed by atoms with E-state index in [1.165, 1.54) is 0 Å². The predicted octanol–water partition coefficient (Wildman–Crippen LogP) is 4.86. The minimum Gasteiger partial charge on any atom is -0.481 e. The molecule has 0 bridgehead atoms. The first kappa shape index (κ1) is 23.8. The third kappa shape index (κ3) is 10.8. The van der Waals surface area contributed by atoms with Crippen molar-refractivity contribution in [2.75, 3.05) is 5.75 Å². The summed E-state index contributed by atoms with van der Waals surface area (Å²) >= 11 is 1.85. The molecule has 154 valence electrons. The van der Waals surface area contributed by atoms with Gasteiger partial charge in [0.1, 0.15) is 0 Å². The summed E-state index contributed by atoms with van der Waals surface area (Å²) in [6.45, 7) is 6.71. The second kappa shape index (κ2) is 12.2. The Morgan fingerprint density at radius 1 is 1.12 bits per heavy atom. The van der Waals surface area contributed by atoms with Crippen LogP contribution in [0.1, 0.15) is 91.4 Å². The lowest BCUT2D eigenvalue weighted by Crippen LogP contribution is -2.23. The van der Waals surface area contributed by atoms with Crippen molar-refractivity contribution in [2.45, 2.75) is 109 Å². The maximum atomic E-state index is 10.5. The summed E-state index contributed by atoms with van der Waals surface area (Å²) in [6.07, 6.45) is 9.65. The molecule has 1 aliphatic carbocycles. The second-order valence-electron chi connectivity index (χ2n) is 9.13. The van der Waals surface area contributed by atoms with Crippen LogP contribution in [-0.2, 0) is 4.79 Å². The average molecular weight is 389 g/mol. The average Bonchev–Trinajstić information content (AvgIpc) is 2.87. The van der Waals surface area contributed by atoms with Gasteiger partial charge in [0.05, 0.1) is 12.2 Å². The van der Waals surface area contributed by atoms with E-state index < -0.39 is 5.97 Å². The minimum absolute atomic E-state index is 0.204. The van der Waals surface area contributed by atoms with Gasteiger partial charge in [-0.25, -0.2) is 0 Å². The van der Waals surface area contributed by atoms with Crippen LogP contribution in [0.2, 0.25) is 0 Å². The van der Waals surface area contributed by atoms with E-state index in [9.17, 15) is 15.0 Å². The lowest BCUT2D eigenvalue weighted by Gasteiger charge is -2.23. The van der Waals surface area contributed by atoms with E-state index in [4.69, 9.17) is 5.11 Å². The monoisotopic (exact) mass is 388 g/mol. The van der Waals surface area contributed by atoms with Gasteiger partial charge >= 0.3 is 5.97 Å². The number of thioether (sulfide) groups is 1. The molecular weight excluding hydrogens is 348 g/mol. The summed E-state index contributed by atoms with van der Waals surface area (Å²) in [7, 11) is 0. The molecule has 1 rings (SSSR count). The molecule has 1 aliphatic rings. The van der Waals surface area contributed by atoms with Gasteiger partial charge in [-0.2, -0.15) is 11.8 Å². The molecule has 1 saturated carbocycles. The highest BCUT2D eigenvalue weighted by Gasteiger charge is 2.34. The van der Waals surface area contributed by atoms with Crippen LogP contribution >= 0.6 is 11.8 Å². The Balaban J connectivity index is 2.20. The Morgan fingerprint density at radius 2 is 1.81 bits per heavy atom. The van der Waals surface area contributed by atoms with E-state index in [1.54, 1.807) is 0 Å². The van der Waals surface area contributed by atoms with Gasteiger partial charge in [-0.1, -0.05) is 46.5 Å². The first-order chi connectivity index (χ1) is 12.2. The summed E-state index contributed by atoms with van der Waals surface area (Å²) < 4.78 is 0. The molecule has 0 amide bonds. The van der Waals surface area contributed by atoms with E-state index in [1.807, 2.05) is 11.8 Å². The van der Waals surface area contributed by atoms with Gasteiger partial charge in [0.2, 0.25) is 0 Å². The Labute approximate surface area is 164 Å². The fraction of sp³-hybridized carbons (Fsp3) is 0.952. The smallest absolute Gasteiger partial charge is 0.303 e. The normalized spacial score (nSPS) is 24.7. The molecule has 4 unspecified atom stereocenters. The van der Waals surface area contributed by atoms with Gasteiger partial charge in [0.25, 0.3) is 0 Å². The molecule has 26 heavy (non-hydrogen) atoms. The molecule has 0 aliphatic heterocycles. The highest BCUT2D eigenvalue weighted by atomic mass is 32.2. The van der Waals surface area contributed by atoms with Crippen molar-refractivity contribution in [2.24, 2.45) is 11.3 Å². The van der Waals surface area contributed by atoms with Crippen molar-refractivity contribution in [1.29, 1.82) is 0 Å². The molecular formula is C21H40O4S. The summed E-state index contributed by atoms with van der Waals surface area (Å²) in [5, 5.41) is 29.6. The molecule has 0 aromatic carbocycles. The van der Waals surface area contributed by atoms with Gasteiger partial charge < -0.3 is 15.3 Å². The van der Waals surface area contributed by atoms with Crippen LogP contribution in [0.25, 0.3) is 0 Å². The number of carboxylic acids is 1. The van der Waals surface area contributed by atoms with E-state index in [-0.39, 0.29) is 18.6 Å². The molecule has 0 heterocycles. The van der Waals surface area contributed by atoms with Gasteiger partial charge in [0, 0.05) is 17.4 Å². The molecule has 4 atom stereocenters. The van der Waals surface area contributed by atoms with Crippen LogP contribution in [0.3, 0.4) is 0 Å². The molecule has 0 spiro atoms. The molecule has 0 aromatic rings. The number of carboxylic acid groups (broad SMARTS) is 1. The minimum atomic E-state index is -0.714. The quantitative estimate of drug-likeness (QED) is 0.393. The largest absolute Gasteiger partial charge is 0.481 e. The van der Waals surface area contributed by atoms with Crippen LogP contribution in [-0.4, -0.2) is 44.5 Å². The van der Waals surface area contributed by atoms with Crippen LogP contribution in [0.4, 0.5) is 0 Å². The summed E-state index contributed by atoms with van der Waals surface area (Å²) in [5.74, 6) is 0.395. The van der Waals surface area contributed by atoms with Crippen molar-refractivity contribution in [3.05, 3.63) is 0 Å². The number of aliphatic hydroxyl groups is 2. The van der Waals surface area contributed by atoms with Crippen LogP contribution < -0.4 is 0 Å². The molecule has 5 heteroatoms. The van der Waals surface area contributed by atoms with Crippen molar-refractivity contribution < 1.29 is 20.1 Å². The van der Waals surface area contributed by atoms with Gasteiger partial charge in [-0.05, 0) is 49.9 Å². The third-order valence-corrected chi connectivity index (χ3v) is 6.95. The second-order valence-corrected chi connectivity index (χ2v) is 10.4. The maximum Gasteiger partial charge on any atom is 0.303 e. The number of rotatable bonds is 13. The van der Waals surface area contributed by atoms with Gasteiger partial charge in [-0.15, -0.1) is 0 Å². The van der Waals surface area contributed by atoms with Crippen LogP contribution in [0.15, 0.2) is 0 Å². The predicted molar refractivity (Wildman–Crippen MR) is 110 cm³/mol. The van der Waals surface area contributed by atoms with E-state index in [0.29, 0.717) is 16.6 Å². The molecule has 0 aromatic heterocycles. The van der Waals surface area contributed by atoms with E-state index >= 15 is 0 Å². The SMILES string of the molecule is CC(C)(C)CCCC(O)CSC1CCC(O)C1CCCCCCC(=O)O. The van der Waals surface area contributed by atoms with Crippen molar-refractivity contribution >= 4 is 17.7 Å². The van der Waals surface area contributed by atoms with Crippen molar-refractivity contribution in [3.8, 4) is 0 Å². The molecule has 1 fully saturated rings. The number of carbonyl (C=O) groups is 1. The number of hydrogen-bond donors (Lipinski definition) is 3. The van der Waals surface area contributed by atoms with Crippen molar-refractivity contribution in [3.63, 3.8) is 0 Å². The highest BCUT2D eigenvalue weighted by Crippen LogP contribution is 2.39. The number of aliphatic carboxylic acids is 1. The summed E-state index contributed by atoms with van der Waals surface area (Å²) in [4.78, 5) is 10.5. The van der Waals surface area contributed by atoms with Crippen molar-refractivity contribution in [1.82, 2.24) is 0 Å². The fourth-order valence-corrected chi connectivity index (χ4v) is 5.30. The zero-order chi connectivity index (χ0) is 19.6. The molecule has 3 N–H and O–H groups in total. The summed E-state index contributed by atoms with van der Waals surface area (Å²) in [5.41, 5.74) is 0.331. The Morgan fingerprint density at radius 3 is 2.46 bits per heavy atom. The van der Waals surface area contributed by atoms with Gasteiger partial charge in [-0.3, -0.25) is 4.79 Å². The zero-order valence-corrected chi connectivity index (χ0v) is 17.8. The Bertz CT molecular complexity index is 394. The first-order valence-electron chi connectivity index (χ1n) is 10.4. The maximum absolute atomic E-state index is 10.5. The standard InChI is InChI=1S/C21H40O4S/c1-21(2,3)14-8-9-16(22)15-26-19-13-12-18(23)17(19)10-6-4-5-7-11-20(24)25/h16-19,22-23H,4-15H2,1-3H3,(H,24,25). The fourth-order valence-electron chi connectivity index (χ4n) is 3.79. The Kier molecular flexibility index (Phi) is 11.2. The number of hydrogen-bond acceptors (Lipinski definition) is 4. The molecule has 4 nitrogen and oxygen atoms in total. The molecule has 0 radical (unpaired) electrons. The van der Waals surface area contributed by atoms with E-state index in [0.717, 1.165) is 70.0 Å². The summed E-state index contributed by atoms with van der Waals surface area (Å²) in [6, 6.07) is 0. The lowest BCUT2D eigenvalue weighted by molar-refractivity contribution is -0.137. The number of aliphatic hydroxyl groups excluding tert-OH is 2. The molecule has 0 saturated heterocycles. The van der Waals surface area contributed by atoms with Crippen LogP contribution in [0.5, 0.6) is 0 Å². The van der Waals surface area contributed by atoms with Gasteiger partial charge in [0.15, 0.2) is 0 Å². The topological polar surface area (TPSA) is 77.8 Å². The lowest BCUT2D eigenvalue weighted by atomic mass is 9.89. The zero-order valence-electron chi connectivity index (χ0n) is 17.0.